The summed E-state index contributed by atoms with van der Waals surface area (Å²) in [6.07, 6.45) is 1.17. The van der Waals surface area contributed by atoms with Crippen LogP contribution in [0, 0.1) is 0 Å². The van der Waals surface area contributed by atoms with Gasteiger partial charge in [-0.1, -0.05) is 0 Å². The van der Waals surface area contributed by atoms with Gasteiger partial charge >= 0.3 is 5.97 Å². The van der Waals surface area contributed by atoms with E-state index in [9.17, 15) is 9.59 Å². The zero-order chi connectivity index (χ0) is 8.43. The number of hydrogen-bond acceptors (Lipinski definition) is 3. The number of aromatic carboxylic acids is 1. The lowest BCUT2D eigenvalue weighted by atomic mass is 10.5. The molecule has 1 rings (SSSR count). The van der Waals surface area contributed by atoms with E-state index in [0.29, 0.717) is 0 Å². The molecule has 11 heavy (non-hydrogen) atoms. The zero-order valence-electron chi connectivity index (χ0n) is 5.81. The van der Waals surface area contributed by atoms with Crippen LogP contribution >= 0.6 is 0 Å². The minimum absolute atomic E-state index is 0.252. The largest absolute Gasteiger partial charge is 0.475 e. The molecule has 1 heterocycles. The minimum atomic E-state index is -1.20. The molecular weight excluding hydrogens is 148 g/mol. The van der Waals surface area contributed by atoms with Gasteiger partial charge in [0.25, 0.3) is 5.56 Å². The number of nitrogens with zero attached hydrogens (tertiary/aromatic N) is 2. The summed E-state index contributed by atoms with van der Waals surface area (Å²) < 4.78 is 0.975. The third kappa shape index (κ3) is 1.26. The smallest absolute Gasteiger partial charge is 0.372 e. The number of aromatic nitrogens is 2. The highest BCUT2D eigenvalue weighted by Crippen LogP contribution is 1.86. The Morgan fingerprint density at radius 2 is 2.36 bits per heavy atom. The van der Waals surface area contributed by atoms with Crippen LogP contribution in [0.1, 0.15) is 10.6 Å². The molecule has 1 aromatic heterocycles. The summed E-state index contributed by atoms with van der Waals surface area (Å²) in [4.78, 5) is 24.7. The van der Waals surface area contributed by atoms with Crippen molar-refractivity contribution in [1.29, 1.82) is 0 Å². The van der Waals surface area contributed by atoms with Crippen LogP contribution in [0.15, 0.2) is 17.1 Å². The Labute approximate surface area is 61.9 Å². The fourth-order valence-electron chi connectivity index (χ4n) is 0.673. The summed E-state index contributed by atoms with van der Waals surface area (Å²) in [6.45, 7) is 0. The average Bonchev–Trinajstić information content (AvgIpc) is 1.94. The van der Waals surface area contributed by atoms with Crippen molar-refractivity contribution in [3.8, 4) is 0 Å². The van der Waals surface area contributed by atoms with E-state index in [1.165, 1.54) is 19.3 Å². The van der Waals surface area contributed by atoms with Gasteiger partial charge in [0.05, 0.1) is 0 Å². The number of carboxylic acid groups (broad SMARTS) is 1. The fourth-order valence-corrected chi connectivity index (χ4v) is 0.673. The third-order valence-corrected chi connectivity index (χ3v) is 1.25. The predicted octanol–water partition coefficient (Wildman–Crippen LogP) is -0.521. The molecule has 0 saturated heterocycles. The van der Waals surface area contributed by atoms with E-state index in [4.69, 9.17) is 5.11 Å². The van der Waals surface area contributed by atoms with Crippen molar-refractivity contribution in [2.24, 2.45) is 7.05 Å². The molecule has 0 saturated carbocycles. The predicted molar refractivity (Wildman–Crippen MR) is 36.4 cm³/mol. The van der Waals surface area contributed by atoms with E-state index in [2.05, 4.69) is 4.98 Å². The van der Waals surface area contributed by atoms with Crippen LogP contribution in [0.3, 0.4) is 0 Å². The molecule has 0 radical (unpaired) electrons. The van der Waals surface area contributed by atoms with Crippen LogP contribution in [0.5, 0.6) is 0 Å². The molecule has 0 aromatic carbocycles. The molecule has 1 aromatic rings. The van der Waals surface area contributed by atoms with E-state index in [1.807, 2.05) is 0 Å². The highest BCUT2D eigenvalue weighted by Gasteiger charge is 2.07. The fraction of sp³-hybridized carbons (Fsp3) is 0.167. The normalized spacial score (nSPS) is 9.55. The van der Waals surface area contributed by atoms with Crippen molar-refractivity contribution in [3.05, 3.63) is 28.4 Å². The molecule has 0 aliphatic rings. The van der Waals surface area contributed by atoms with Crippen LogP contribution in [0.4, 0.5) is 0 Å². The first-order valence-corrected chi connectivity index (χ1v) is 2.88. The standard InChI is InChI=1S/C6H6N2O3/c1-8-4(9)2-3-7-5(8)6(10)11/h2-3H,1H3,(H,10,11). The Morgan fingerprint density at radius 1 is 1.73 bits per heavy atom. The monoisotopic (exact) mass is 154 g/mol. The summed E-state index contributed by atoms with van der Waals surface area (Å²) in [5.41, 5.74) is -0.377. The summed E-state index contributed by atoms with van der Waals surface area (Å²) in [7, 11) is 1.36. The lowest BCUT2D eigenvalue weighted by Gasteiger charge is -1.98. The van der Waals surface area contributed by atoms with Crippen molar-refractivity contribution in [2.45, 2.75) is 0 Å². The molecule has 5 heteroatoms. The number of carbonyl (C=O) groups is 1. The second-order valence-corrected chi connectivity index (χ2v) is 1.97. The molecule has 0 bridgehead atoms. The summed E-state index contributed by atoms with van der Waals surface area (Å²) >= 11 is 0. The molecular formula is C6H6N2O3. The van der Waals surface area contributed by atoms with E-state index in [-0.39, 0.29) is 11.4 Å². The molecule has 0 spiro atoms. The quantitative estimate of drug-likeness (QED) is 0.590. The van der Waals surface area contributed by atoms with Crippen LogP contribution in [-0.2, 0) is 7.05 Å². The van der Waals surface area contributed by atoms with Gasteiger partial charge in [-0.15, -0.1) is 0 Å². The maximum atomic E-state index is 10.8. The van der Waals surface area contributed by atoms with E-state index >= 15 is 0 Å². The molecule has 0 amide bonds. The van der Waals surface area contributed by atoms with Crippen molar-refractivity contribution < 1.29 is 9.90 Å². The van der Waals surface area contributed by atoms with Gasteiger partial charge in [0, 0.05) is 19.3 Å². The van der Waals surface area contributed by atoms with Crippen molar-refractivity contribution >= 4 is 5.97 Å². The van der Waals surface area contributed by atoms with Gasteiger partial charge in [-0.3, -0.25) is 9.36 Å². The highest BCUT2D eigenvalue weighted by molar-refractivity contribution is 5.83. The molecule has 0 unspecified atom stereocenters. The molecule has 0 aliphatic carbocycles. The third-order valence-electron chi connectivity index (χ3n) is 1.25. The Bertz CT molecular complexity index is 342. The maximum Gasteiger partial charge on any atom is 0.372 e. The van der Waals surface area contributed by atoms with Crippen LogP contribution < -0.4 is 5.56 Å². The first kappa shape index (κ1) is 7.46. The van der Waals surface area contributed by atoms with E-state index in [0.717, 1.165) is 4.57 Å². The van der Waals surface area contributed by atoms with Crippen LogP contribution in [-0.4, -0.2) is 20.6 Å². The molecule has 58 valence electrons. The van der Waals surface area contributed by atoms with Crippen LogP contribution in [0.25, 0.3) is 0 Å². The van der Waals surface area contributed by atoms with E-state index < -0.39 is 5.97 Å². The van der Waals surface area contributed by atoms with Crippen molar-refractivity contribution in [3.63, 3.8) is 0 Å². The molecule has 1 N–H and O–H groups in total. The Morgan fingerprint density at radius 3 is 2.82 bits per heavy atom. The van der Waals surface area contributed by atoms with Gasteiger partial charge in [-0.05, 0) is 0 Å². The number of hydrogen-bond donors (Lipinski definition) is 1. The topological polar surface area (TPSA) is 72.2 Å². The SMILES string of the molecule is Cn1c(C(=O)O)nccc1=O. The van der Waals surface area contributed by atoms with Gasteiger partial charge in [0.2, 0.25) is 5.82 Å². The molecule has 0 aliphatic heterocycles. The maximum absolute atomic E-state index is 10.8. The molecule has 5 nitrogen and oxygen atoms in total. The molecule has 0 fully saturated rings. The Hall–Kier alpha value is -1.65. The van der Waals surface area contributed by atoms with Gasteiger partial charge in [0.15, 0.2) is 0 Å². The van der Waals surface area contributed by atoms with Crippen molar-refractivity contribution in [1.82, 2.24) is 9.55 Å². The number of rotatable bonds is 1. The molecule has 0 atom stereocenters. The highest BCUT2D eigenvalue weighted by atomic mass is 16.4. The first-order valence-electron chi connectivity index (χ1n) is 2.88. The average molecular weight is 154 g/mol. The Kier molecular flexibility index (Phi) is 1.72. The second kappa shape index (κ2) is 2.53. The minimum Gasteiger partial charge on any atom is -0.475 e. The van der Waals surface area contributed by atoms with Gasteiger partial charge in [-0.25, -0.2) is 9.78 Å². The van der Waals surface area contributed by atoms with Crippen LogP contribution in [0.2, 0.25) is 0 Å². The van der Waals surface area contributed by atoms with Gasteiger partial charge < -0.3 is 5.11 Å². The van der Waals surface area contributed by atoms with Gasteiger partial charge in [-0.2, -0.15) is 0 Å². The Balaban J connectivity index is 3.39. The second-order valence-electron chi connectivity index (χ2n) is 1.97. The zero-order valence-corrected chi connectivity index (χ0v) is 5.81. The van der Waals surface area contributed by atoms with E-state index in [1.54, 1.807) is 0 Å². The number of carboxylic acids is 1. The van der Waals surface area contributed by atoms with Crippen molar-refractivity contribution in [2.75, 3.05) is 0 Å². The summed E-state index contributed by atoms with van der Waals surface area (Å²) in [5, 5.41) is 8.47. The first-order chi connectivity index (χ1) is 5.13. The van der Waals surface area contributed by atoms with Gasteiger partial charge in [0.1, 0.15) is 0 Å². The lowest BCUT2D eigenvalue weighted by Crippen LogP contribution is -2.23. The lowest BCUT2D eigenvalue weighted by molar-refractivity contribution is 0.0677. The summed E-state index contributed by atoms with van der Waals surface area (Å²) in [6, 6.07) is 1.20. The summed E-state index contributed by atoms with van der Waals surface area (Å²) in [5.74, 6) is -1.46.